The van der Waals surface area contributed by atoms with Crippen molar-refractivity contribution in [2.75, 3.05) is 43.9 Å². The first kappa shape index (κ1) is 15.4. The van der Waals surface area contributed by atoms with Gasteiger partial charge in [0.1, 0.15) is 5.75 Å². The Morgan fingerprint density at radius 2 is 1.90 bits per heavy atom. The van der Waals surface area contributed by atoms with E-state index in [1.807, 2.05) is 12.1 Å². The Bertz CT molecular complexity index is 569. The van der Waals surface area contributed by atoms with Gasteiger partial charge in [-0.3, -0.25) is 0 Å². The second-order valence-electron chi connectivity index (χ2n) is 4.60. The van der Waals surface area contributed by atoms with Gasteiger partial charge < -0.3 is 9.64 Å². The van der Waals surface area contributed by atoms with Gasteiger partial charge in [-0.25, -0.2) is 8.42 Å². The summed E-state index contributed by atoms with van der Waals surface area (Å²) in [5.74, 6) is 0.897. The van der Waals surface area contributed by atoms with Crippen molar-refractivity contribution in [3.05, 3.63) is 23.2 Å². The third-order valence-corrected chi connectivity index (χ3v) is 5.60. The molecule has 1 fully saturated rings. The van der Waals surface area contributed by atoms with Crippen molar-refractivity contribution in [1.82, 2.24) is 4.31 Å². The number of benzene rings is 1. The Hall–Kier alpha value is -0.980. The van der Waals surface area contributed by atoms with E-state index >= 15 is 0 Å². The van der Waals surface area contributed by atoms with E-state index in [4.69, 9.17) is 16.3 Å². The van der Waals surface area contributed by atoms with Crippen LogP contribution in [0.4, 0.5) is 5.69 Å². The molecule has 0 bridgehead atoms. The number of anilines is 1. The maximum atomic E-state index is 11.8. The summed E-state index contributed by atoms with van der Waals surface area (Å²) < 4.78 is 30.6. The summed E-state index contributed by atoms with van der Waals surface area (Å²) in [5.41, 5.74) is 0.911. The summed E-state index contributed by atoms with van der Waals surface area (Å²) in [7, 11) is -1.49. The normalized spacial score (nSPS) is 17.2. The lowest BCUT2D eigenvalue weighted by atomic mass is 10.2. The van der Waals surface area contributed by atoms with Crippen molar-refractivity contribution in [2.45, 2.75) is 6.92 Å². The summed E-state index contributed by atoms with van der Waals surface area (Å²) in [5, 5.41) is 0.643. The predicted molar refractivity (Wildman–Crippen MR) is 81.3 cm³/mol. The van der Waals surface area contributed by atoms with E-state index in [1.165, 1.54) is 0 Å². The van der Waals surface area contributed by atoms with Crippen LogP contribution in [0.1, 0.15) is 6.92 Å². The zero-order valence-corrected chi connectivity index (χ0v) is 13.2. The van der Waals surface area contributed by atoms with Gasteiger partial charge in [-0.15, -0.1) is 0 Å². The van der Waals surface area contributed by atoms with Crippen molar-refractivity contribution in [1.29, 1.82) is 0 Å². The van der Waals surface area contributed by atoms with Crippen molar-refractivity contribution >= 4 is 27.3 Å². The average molecular weight is 319 g/mol. The highest BCUT2D eigenvalue weighted by Crippen LogP contribution is 2.32. The molecule has 0 aliphatic carbocycles. The lowest BCUT2D eigenvalue weighted by Gasteiger charge is -2.35. The second kappa shape index (κ2) is 6.20. The van der Waals surface area contributed by atoms with Crippen LogP contribution in [-0.4, -0.2) is 51.8 Å². The maximum Gasteiger partial charge on any atom is 0.213 e. The highest BCUT2D eigenvalue weighted by Gasteiger charge is 2.26. The molecule has 0 atom stereocenters. The predicted octanol–water partition coefficient (Wildman–Crippen LogP) is 1.82. The molecule has 0 unspecified atom stereocenters. The summed E-state index contributed by atoms with van der Waals surface area (Å²) in [6, 6.07) is 5.46. The summed E-state index contributed by atoms with van der Waals surface area (Å²) in [6.45, 7) is 3.92. The Labute approximate surface area is 125 Å². The van der Waals surface area contributed by atoms with Crippen LogP contribution in [0, 0.1) is 0 Å². The number of ether oxygens (including phenoxy) is 1. The first-order valence-electron chi connectivity index (χ1n) is 6.54. The van der Waals surface area contributed by atoms with E-state index in [0.717, 1.165) is 11.4 Å². The molecule has 5 nitrogen and oxygen atoms in total. The number of hydrogen-bond acceptors (Lipinski definition) is 4. The smallest absolute Gasteiger partial charge is 0.213 e. The first-order chi connectivity index (χ1) is 9.47. The van der Waals surface area contributed by atoms with Crippen LogP contribution < -0.4 is 9.64 Å². The molecule has 1 heterocycles. The Balaban J connectivity index is 2.13. The van der Waals surface area contributed by atoms with Gasteiger partial charge in [-0.2, -0.15) is 4.31 Å². The van der Waals surface area contributed by atoms with Crippen LogP contribution in [-0.2, 0) is 10.0 Å². The monoisotopic (exact) mass is 318 g/mol. The molecule has 0 amide bonds. The largest absolute Gasteiger partial charge is 0.495 e. The molecule has 1 aromatic carbocycles. The Morgan fingerprint density at radius 1 is 1.25 bits per heavy atom. The van der Waals surface area contributed by atoms with Crippen LogP contribution in [0.3, 0.4) is 0 Å². The number of methoxy groups -OCH3 is 1. The van der Waals surface area contributed by atoms with Gasteiger partial charge in [0.25, 0.3) is 0 Å². The zero-order chi connectivity index (χ0) is 14.8. The van der Waals surface area contributed by atoms with Gasteiger partial charge in [0, 0.05) is 31.2 Å². The van der Waals surface area contributed by atoms with Gasteiger partial charge >= 0.3 is 0 Å². The summed E-state index contributed by atoms with van der Waals surface area (Å²) >= 11 is 6.03. The van der Waals surface area contributed by atoms with Crippen LogP contribution in [0.15, 0.2) is 18.2 Å². The second-order valence-corrected chi connectivity index (χ2v) is 7.30. The average Bonchev–Trinajstić information content (AvgIpc) is 2.47. The van der Waals surface area contributed by atoms with Crippen molar-refractivity contribution < 1.29 is 13.2 Å². The topological polar surface area (TPSA) is 49.9 Å². The van der Waals surface area contributed by atoms with Crippen LogP contribution >= 0.6 is 11.6 Å². The van der Waals surface area contributed by atoms with Crippen molar-refractivity contribution in [3.8, 4) is 5.75 Å². The molecule has 0 spiro atoms. The Morgan fingerprint density at radius 3 is 2.45 bits per heavy atom. The van der Waals surface area contributed by atoms with E-state index in [-0.39, 0.29) is 5.75 Å². The molecule has 20 heavy (non-hydrogen) atoms. The molecule has 1 aliphatic heterocycles. The number of hydrogen-bond donors (Lipinski definition) is 0. The summed E-state index contributed by atoms with van der Waals surface area (Å²) in [6.07, 6.45) is 0. The molecule has 2 rings (SSSR count). The number of piperazine rings is 1. The minimum absolute atomic E-state index is 0.146. The van der Waals surface area contributed by atoms with E-state index < -0.39 is 10.0 Å². The van der Waals surface area contributed by atoms with Gasteiger partial charge in [0.2, 0.25) is 10.0 Å². The molecule has 0 N–H and O–H groups in total. The quantitative estimate of drug-likeness (QED) is 0.849. The number of nitrogens with zero attached hydrogens (tertiary/aromatic N) is 2. The van der Waals surface area contributed by atoms with Crippen LogP contribution in [0.5, 0.6) is 5.75 Å². The fourth-order valence-electron chi connectivity index (χ4n) is 2.30. The van der Waals surface area contributed by atoms with E-state index in [0.29, 0.717) is 31.2 Å². The van der Waals surface area contributed by atoms with Crippen molar-refractivity contribution in [2.24, 2.45) is 0 Å². The maximum absolute atomic E-state index is 11.8. The number of sulfonamides is 1. The molecule has 0 saturated carbocycles. The zero-order valence-electron chi connectivity index (χ0n) is 11.7. The lowest BCUT2D eigenvalue weighted by molar-refractivity contribution is 0.379. The van der Waals surface area contributed by atoms with Gasteiger partial charge in [-0.1, -0.05) is 11.6 Å². The molecule has 0 aromatic heterocycles. The van der Waals surface area contributed by atoms with Crippen LogP contribution in [0.2, 0.25) is 5.02 Å². The standard InChI is InChI=1S/C13H19ClN2O3S/c1-3-20(17,18)16-8-6-15(7-9-16)12-10-11(14)4-5-13(12)19-2/h4-5,10H,3,6-9H2,1-2H3. The molecule has 7 heteroatoms. The molecular formula is C13H19ClN2O3S. The highest BCUT2D eigenvalue weighted by atomic mass is 35.5. The lowest BCUT2D eigenvalue weighted by Crippen LogP contribution is -2.49. The third kappa shape index (κ3) is 3.19. The molecule has 0 radical (unpaired) electrons. The number of halogens is 1. The molecule has 1 saturated heterocycles. The van der Waals surface area contributed by atoms with E-state index in [2.05, 4.69) is 4.90 Å². The molecular weight excluding hydrogens is 300 g/mol. The van der Waals surface area contributed by atoms with E-state index in [1.54, 1.807) is 24.4 Å². The molecule has 112 valence electrons. The Kier molecular flexibility index (Phi) is 4.78. The molecule has 1 aliphatic rings. The number of rotatable bonds is 4. The minimum Gasteiger partial charge on any atom is -0.495 e. The SMILES string of the molecule is CCS(=O)(=O)N1CCN(c2cc(Cl)ccc2OC)CC1. The molecule has 1 aromatic rings. The van der Waals surface area contributed by atoms with Crippen LogP contribution in [0.25, 0.3) is 0 Å². The first-order valence-corrected chi connectivity index (χ1v) is 8.53. The minimum atomic E-state index is -3.10. The van der Waals surface area contributed by atoms with Crippen molar-refractivity contribution in [3.63, 3.8) is 0 Å². The van der Waals surface area contributed by atoms with Gasteiger partial charge in [0.05, 0.1) is 18.6 Å². The fraction of sp³-hybridized carbons (Fsp3) is 0.538. The third-order valence-electron chi connectivity index (χ3n) is 3.48. The van der Waals surface area contributed by atoms with E-state index in [9.17, 15) is 8.42 Å². The van der Waals surface area contributed by atoms with Gasteiger partial charge in [0.15, 0.2) is 0 Å². The van der Waals surface area contributed by atoms with Gasteiger partial charge in [-0.05, 0) is 25.1 Å². The summed E-state index contributed by atoms with van der Waals surface area (Å²) in [4.78, 5) is 2.10. The highest BCUT2D eigenvalue weighted by molar-refractivity contribution is 7.89. The fourth-order valence-corrected chi connectivity index (χ4v) is 3.55.